The number of nitrogens with one attached hydrogen (secondary N) is 1. The van der Waals surface area contributed by atoms with Crippen LogP contribution in [0, 0.1) is 0 Å². The van der Waals surface area contributed by atoms with Crippen molar-refractivity contribution in [1.29, 1.82) is 0 Å². The number of aromatic nitrogens is 2. The molecular formula is C24H26N6O3. The van der Waals surface area contributed by atoms with Gasteiger partial charge < -0.3 is 25.4 Å². The number of hydrogen-bond acceptors (Lipinski definition) is 9. The summed E-state index contributed by atoms with van der Waals surface area (Å²) < 4.78 is 10.9. The number of carbonyl (C=O) groups excluding carboxylic acids is 1. The second-order valence-corrected chi connectivity index (χ2v) is 8.17. The number of ether oxygens (including phenoxy) is 2. The summed E-state index contributed by atoms with van der Waals surface area (Å²) >= 11 is 0. The minimum atomic E-state index is 0.00798. The van der Waals surface area contributed by atoms with E-state index >= 15 is 0 Å². The lowest BCUT2D eigenvalue weighted by Crippen LogP contribution is -2.46. The van der Waals surface area contributed by atoms with Gasteiger partial charge in [0.15, 0.2) is 28.9 Å². The zero-order valence-corrected chi connectivity index (χ0v) is 18.5. The maximum atomic E-state index is 11.7. The molecule has 2 aliphatic rings. The molecule has 2 aliphatic heterocycles. The Morgan fingerprint density at radius 1 is 1.06 bits per heavy atom. The molecule has 0 spiro atoms. The molecule has 0 saturated carbocycles. The van der Waals surface area contributed by atoms with Crippen LogP contribution in [0.25, 0.3) is 0 Å². The molecule has 3 heterocycles. The summed E-state index contributed by atoms with van der Waals surface area (Å²) in [5.74, 6) is 2.88. The van der Waals surface area contributed by atoms with Crippen molar-refractivity contribution in [3.05, 3.63) is 59.9 Å². The summed E-state index contributed by atoms with van der Waals surface area (Å²) in [4.78, 5) is 25.0. The number of nitrogens with zero attached hydrogens (tertiary/aromatic N) is 4. The van der Waals surface area contributed by atoms with Crippen LogP contribution < -0.4 is 25.4 Å². The molecule has 9 heteroatoms. The maximum absolute atomic E-state index is 11.7. The standard InChI is InChI=1S/C24H26N6O3/c1-16(31)18-3-2-4-19(12-18)28-23-22(25)24(27-14-26-23)30-9-7-29(8-10-30)13-17-5-6-20-21(11-17)33-15-32-20/h2-6,11-12,14H,7-10,13,15,25H2,1H3,(H,26,27,28). The Bertz CT molecular complexity index is 1180. The Balaban J connectivity index is 1.23. The second kappa shape index (κ2) is 8.95. The molecule has 3 N–H and O–H groups in total. The van der Waals surface area contributed by atoms with E-state index in [1.165, 1.54) is 11.9 Å². The number of fused-ring (bicyclic) bond motifs is 1. The maximum Gasteiger partial charge on any atom is 0.231 e. The van der Waals surface area contributed by atoms with E-state index in [0.29, 0.717) is 17.1 Å². The van der Waals surface area contributed by atoms with Gasteiger partial charge >= 0.3 is 0 Å². The molecule has 0 unspecified atom stereocenters. The van der Waals surface area contributed by atoms with Crippen LogP contribution in [0.2, 0.25) is 0 Å². The highest BCUT2D eigenvalue weighted by atomic mass is 16.7. The molecule has 1 aromatic heterocycles. The molecular weight excluding hydrogens is 420 g/mol. The molecule has 0 amide bonds. The number of Topliss-reactive ketones (excluding diaryl/α,β-unsaturated/α-hetero) is 1. The molecule has 0 atom stereocenters. The number of rotatable bonds is 6. The third-order valence-corrected chi connectivity index (χ3v) is 5.91. The molecule has 0 bridgehead atoms. The van der Waals surface area contributed by atoms with Gasteiger partial charge in [0.05, 0.1) is 0 Å². The Hall–Kier alpha value is -3.85. The van der Waals surface area contributed by atoms with Crippen LogP contribution in [0.1, 0.15) is 22.8 Å². The van der Waals surface area contributed by atoms with Gasteiger partial charge in [0.1, 0.15) is 12.0 Å². The zero-order chi connectivity index (χ0) is 22.8. The van der Waals surface area contributed by atoms with Crippen LogP contribution in [0.3, 0.4) is 0 Å². The SMILES string of the molecule is CC(=O)c1cccc(Nc2ncnc(N3CCN(Cc4ccc5c(c4)OCO5)CC3)c2N)c1. The van der Waals surface area contributed by atoms with Crippen molar-refractivity contribution in [1.82, 2.24) is 14.9 Å². The predicted molar refractivity (Wildman–Crippen MR) is 126 cm³/mol. The number of benzene rings is 2. The molecule has 1 fully saturated rings. The average molecular weight is 447 g/mol. The van der Waals surface area contributed by atoms with E-state index in [2.05, 4.69) is 37.2 Å². The van der Waals surface area contributed by atoms with Crippen molar-refractivity contribution in [2.24, 2.45) is 0 Å². The topological polar surface area (TPSA) is 106 Å². The van der Waals surface area contributed by atoms with Gasteiger partial charge in [-0.2, -0.15) is 0 Å². The van der Waals surface area contributed by atoms with E-state index in [1.54, 1.807) is 19.1 Å². The number of nitrogens with two attached hydrogens (primary N) is 1. The van der Waals surface area contributed by atoms with Gasteiger partial charge in [-0.05, 0) is 36.8 Å². The van der Waals surface area contributed by atoms with Crippen molar-refractivity contribution in [3.8, 4) is 11.5 Å². The van der Waals surface area contributed by atoms with Crippen LogP contribution >= 0.6 is 0 Å². The first kappa shape index (κ1) is 21.0. The monoisotopic (exact) mass is 446 g/mol. The summed E-state index contributed by atoms with van der Waals surface area (Å²) in [6.07, 6.45) is 1.52. The molecule has 170 valence electrons. The average Bonchev–Trinajstić information content (AvgIpc) is 3.29. The first-order chi connectivity index (χ1) is 16.1. The van der Waals surface area contributed by atoms with Crippen LogP contribution in [0.5, 0.6) is 11.5 Å². The third-order valence-electron chi connectivity index (χ3n) is 5.91. The molecule has 1 saturated heterocycles. The molecule has 0 radical (unpaired) electrons. The number of nitrogen functional groups attached to an aromatic ring is 1. The fraction of sp³-hybridized carbons (Fsp3) is 0.292. The molecule has 3 aromatic rings. The Kier molecular flexibility index (Phi) is 5.70. The quantitative estimate of drug-likeness (QED) is 0.553. The van der Waals surface area contributed by atoms with Gasteiger partial charge in [0, 0.05) is 44.0 Å². The van der Waals surface area contributed by atoms with Gasteiger partial charge in [-0.1, -0.05) is 18.2 Å². The van der Waals surface area contributed by atoms with Gasteiger partial charge in [-0.3, -0.25) is 9.69 Å². The molecule has 0 aliphatic carbocycles. The van der Waals surface area contributed by atoms with E-state index < -0.39 is 0 Å². The summed E-state index contributed by atoms with van der Waals surface area (Å²) in [7, 11) is 0. The Labute approximate surface area is 192 Å². The lowest BCUT2D eigenvalue weighted by Gasteiger charge is -2.36. The molecule has 5 rings (SSSR count). The number of ketones is 1. The lowest BCUT2D eigenvalue weighted by atomic mass is 10.1. The summed E-state index contributed by atoms with van der Waals surface area (Å²) in [5, 5.41) is 3.22. The number of hydrogen-bond donors (Lipinski definition) is 2. The van der Waals surface area contributed by atoms with Crippen LogP contribution in [-0.4, -0.2) is 53.6 Å². The van der Waals surface area contributed by atoms with Gasteiger partial charge in [-0.25, -0.2) is 9.97 Å². The molecule has 33 heavy (non-hydrogen) atoms. The first-order valence-corrected chi connectivity index (χ1v) is 10.9. The fourth-order valence-corrected chi connectivity index (χ4v) is 4.11. The third kappa shape index (κ3) is 4.54. The van der Waals surface area contributed by atoms with Gasteiger partial charge in [0.2, 0.25) is 6.79 Å². The van der Waals surface area contributed by atoms with E-state index in [4.69, 9.17) is 15.2 Å². The lowest BCUT2D eigenvalue weighted by molar-refractivity contribution is 0.101. The second-order valence-electron chi connectivity index (χ2n) is 8.17. The summed E-state index contributed by atoms with van der Waals surface area (Å²) in [6, 6.07) is 13.4. The van der Waals surface area contributed by atoms with Crippen molar-refractivity contribution < 1.29 is 14.3 Å². The van der Waals surface area contributed by atoms with Crippen molar-refractivity contribution in [3.63, 3.8) is 0 Å². The smallest absolute Gasteiger partial charge is 0.231 e. The van der Waals surface area contributed by atoms with Crippen LogP contribution in [0.4, 0.5) is 23.0 Å². The number of anilines is 4. The fourth-order valence-electron chi connectivity index (χ4n) is 4.11. The minimum Gasteiger partial charge on any atom is -0.454 e. The van der Waals surface area contributed by atoms with Crippen LogP contribution in [0.15, 0.2) is 48.8 Å². The normalized spacial score (nSPS) is 15.5. The van der Waals surface area contributed by atoms with Crippen LogP contribution in [-0.2, 0) is 6.54 Å². The van der Waals surface area contributed by atoms with Crippen molar-refractivity contribution in [2.45, 2.75) is 13.5 Å². The van der Waals surface area contributed by atoms with E-state index in [1.807, 2.05) is 18.2 Å². The summed E-state index contributed by atoms with van der Waals surface area (Å²) in [5.41, 5.74) is 9.52. The van der Waals surface area contributed by atoms with Gasteiger partial charge in [-0.15, -0.1) is 0 Å². The largest absolute Gasteiger partial charge is 0.454 e. The van der Waals surface area contributed by atoms with E-state index in [0.717, 1.165) is 55.7 Å². The van der Waals surface area contributed by atoms with E-state index in [9.17, 15) is 4.79 Å². The van der Waals surface area contributed by atoms with E-state index in [-0.39, 0.29) is 12.6 Å². The Morgan fingerprint density at radius 3 is 2.70 bits per heavy atom. The number of carbonyl (C=O) groups is 1. The van der Waals surface area contributed by atoms with Gasteiger partial charge in [0.25, 0.3) is 0 Å². The predicted octanol–water partition coefficient (Wildman–Crippen LogP) is 3.06. The first-order valence-electron chi connectivity index (χ1n) is 10.9. The number of piperazine rings is 1. The molecule has 2 aromatic carbocycles. The van der Waals surface area contributed by atoms with Crippen molar-refractivity contribution in [2.75, 3.05) is 48.9 Å². The Morgan fingerprint density at radius 2 is 1.88 bits per heavy atom. The molecule has 9 nitrogen and oxygen atoms in total. The van der Waals surface area contributed by atoms with Crippen molar-refractivity contribution >= 4 is 28.8 Å². The zero-order valence-electron chi connectivity index (χ0n) is 18.5. The summed E-state index contributed by atoms with van der Waals surface area (Å²) in [6.45, 7) is 6.08. The highest BCUT2D eigenvalue weighted by Crippen LogP contribution is 2.33. The highest BCUT2D eigenvalue weighted by Gasteiger charge is 2.22. The highest BCUT2D eigenvalue weighted by molar-refractivity contribution is 5.95. The minimum absolute atomic E-state index is 0.00798.